The van der Waals surface area contributed by atoms with Crippen LogP contribution in [0.1, 0.15) is 30.5 Å². The van der Waals surface area contributed by atoms with Crippen LogP contribution in [0.5, 0.6) is 0 Å². The molecule has 0 radical (unpaired) electrons. The number of rotatable bonds is 3. The van der Waals surface area contributed by atoms with E-state index in [9.17, 15) is 4.79 Å². The highest BCUT2D eigenvalue weighted by Crippen LogP contribution is 2.33. The second-order valence-electron chi connectivity index (χ2n) is 8.21. The van der Waals surface area contributed by atoms with Crippen molar-refractivity contribution in [2.24, 2.45) is 5.92 Å². The number of amides is 1. The Morgan fingerprint density at radius 1 is 0.966 bits per heavy atom. The highest BCUT2D eigenvalue weighted by atomic mass is 16.5. The number of carbonyl (C=O) groups is 1. The van der Waals surface area contributed by atoms with Crippen molar-refractivity contribution in [1.29, 1.82) is 0 Å². The number of aryl methyl sites for hydroxylation is 1. The second kappa shape index (κ2) is 8.11. The fraction of sp³-hybridized carbons (Fsp3) is 0.522. The number of piperidine rings is 1. The SMILES string of the molecule is O=C(C1CCN(c2nc(-c3ccccc3)nc3c2CCC3)CC1)N1CCOCC1. The van der Waals surface area contributed by atoms with Gasteiger partial charge in [-0.05, 0) is 32.1 Å². The molecule has 1 aliphatic carbocycles. The van der Waals surface area contributed by atoms with Crippen LogP contribution in [0.4, 0.5) is 5.82 Å². The Balaban J connectivity index is 1.34. The monoisotopic (exact) mass is 392 g/mol. The quantitative estimate of drug-likeness (QED) is 0.804. The van der Waals surface area contributed by atoms with Gasteiger partial charge in [-0.3, -0.25) is 4.79 Å². The molecule has 2 fully saturated rings. The molecule has 2 saturated heterocycles. The fourth-order valence-corrected chi connectivity index (χ4v) is 4.77. The van der Waals surface area contributed by atoms with Crippen molar-refractivity contribution < 1.29 is 9.53 Å². The minimum atomic E-state index is 0.132. The van der Waals surface area contributed by atoms with E-state index in [-0.39, 0.29) is 5.92 Å². The van der Waals surface area contributed by atoms with E-state index in [1.807, 2.05) is 23.1 Å². The van der Waals surface area contributed by atoms with Gasteiger partial charge in [0.1, 0.15) is 5.82 Å². The Hall–Kier alpha value is -2.47. The van der Waals surface area contributed by atoms with Crippen LogP contribution in [0.25, 0.3) is 11.4 Å². The zero-order valence-corrected chi connectivity index (χ0v) is 16.8. The molecule has 0 saturated carbocycles. The summed E-state index contributed by atoms with van der Waals surface area (Å²) in [7, 11) is 0. The first-order valence-corrected chi connectivity index (χ1v) is 10.9. The van der Waals surface area contributed by atoms with Crippen molar-refractivity contribution in [3.8, 4) is 11.4 Å². The summed E-state index contributed by atoms with van der Waals surface area (Å²) in [6.07, 6.45) is 5.05. The molecule has 1 aromatic heterocycles. The molecule has 1 aromatic carbocycles. The molecule has 0 spiro atoms. The molecule has 0 unspecified atom stereocenters. The summed E-state index contributed by atoms with van der Waals surface area (Å²) in [6.45, 7) is 4.58. The van der Waals surface area contributed by atoms with Crippen molar-refractivity contribution in [3.05, 3.63) is 41.6 Å². The lowest BCUT2D eigenvalue weighted by molar-refractivity contribution is -0.140. The van der Waals surface area contributed by atoms with Crippen molar-refractivity contribution in [2.75, 3.05) is 44.3 Å². The number of hydrogen-bond acceptors (Lipinski definition) is 5. The first-order chi connectivity index (χ1) is 14.3. The molecule has 0 atom stereocenters. The van der Waals surface area contributed by atoms with Crippen LogP contribution in [0.3, 0.4) is 0 Å². The summed E-state index contributed by atoms with van der Waals surface area (Å²) < 4.78 is 5.39. The predicted octanol–water partition coefficient (Wildman–Crippen LogP) is 2.71. The molecule has 29 heavy (non-hydrogen) atoms. The number of anilines is 1. The van der Waals surface area contributed by atoms with Gasteiger partial charge < -0.3 is 14.5 Å². The van der Waals surface area contributed by atoms with Gasteiger partial charge in [-0.1, -0.05) is 30.3 Å². The van der Waals surface area contributed by atoms with Gasteiger partial charge in [-0.25, -0.2) is 9.97 Å². The van der Waals surface area contributed by atoms with E-state index in [4.69, 9.17) is 14.7 Å². The zero-order valence-electron chi connectivity index (χ0n) is 16.8. The molecular formula is C23H28N4O2. The van der Waals surface area contributed by atoms with Crippen LogP contribution in [0.2, 0.25) is 0 Å². The first kappa shape index (κ1) is 18.6. The Labute approximate surface area is 171 Å². The third-order valence-electron chi connectivity index (χ3n) is 6.41. The standard InChI is InChI=1S/C23H28N4O2/c28-23(27-13-15-29-16-14-27)18-9-11-26(12-10-18)22-19-7-4-8-20(19)24-21(25-22)17-5-2-1-3-6-17/h1-3,5-6,18H,4,7-16H2. The number of fused-ring (bicyclic) bond motifs is 1. The van der Waals surface area contributed by atoms with Crippen LogP contribution in [-0.2, 0) is 22.4 Å². The Kier molecular flexibility index (Phi) is 5.19. The topological polar surface area (TPSA) is 58.6 Å². The minimum absolute atomic E-state index is 0.132. The molecule has 0 N–H and O–H groups in total. The maximum atomic E-state index is 12.8. The second-order valence-corrected chi connectivity index (χ2v) is 8.21. The van der Waals surface area contributed by atoms with Crippen LogP contribution in [-0.4, -0.2) is 60.2 Å². The number of ether oxygens (including phenoxy) is 1. The normalized spacial score (nSPS) is 20.0. The van der Waals surface area contributed by atoms with Gasteiger partial charge in [0.25, 0.3) is 0 Å². The molecule has 5 rings (SSSR count). The van der Waals surface area contributed by atoms with Gasteiger partial charge in [0.15, 0.2) is 5.82 Å². The van der Waals surface area contributed by atoms with Crippen molar-refractivity contribution in [1.82, 2.24) is 14.9 Å². The molecule has 2 aromatic rings. The van der Waals surface area contributed by atoms with Gasteiger partial charge >= 0.3 is 0 Å². The lowest BCUT2D eigenvalue weighted by atomic mass is 9.94. The largest absolute Gasteiger partial charge is 0.378 e. The summed E-state index contributed by atoms with van der Waals surface area (Å²) in [5, 5.41) is 0. The number of benzene rings is 1. The molecule has 0 bridgehead atoms. The van der Waals surface area contributed by atoms with E-state index in [2.05, 4.69) is 17.0 Å². The summed E-state index contributed by atoms with van der Waals surface area (Å²) in [5.74, 6) is 2.37. The van der Waals surface area contributed by atoms with Gasteiger partial charge in [-0.2, -0.15) is 0 Å². The lowest BCUT2D eigenvalue weighted by Crippen LogP contribution is -2.47. The smallest absolute Gasteiger partial charge is 0.225 e. The first-order valence-electron chi connectivity index (χ1n) is 10.9. The number of nitrogens with zero attached hydrogens (tertiary/aromatic N) is 4. The third-order valence-corrected chi connectivity index (χ3v) is 6.41. The average Bonchev–Trinajstić information content (AvgIpc) is 3.28. The highest BCUT2D eigenvalue weighted by Gasteiger charge is 2.31. The molecular weight excluding hydrogens is 364 g/mol. The van der Waals surface area contributed by atoms with Crippen LogP contribution in [0, 0.1) is 5.92 Å². The molecule has 1 amide bonds. The minimum Gasteiger partial charge on any atom is -0.378 e. The zero-order chi connectivity index (χ0) is 19.6. The molecule has 2 aliphatic heterocycles. The van der Waals surface area contributed by atoms with Crippen molar-refractivity contribution in [2.45, 2.75) is 32.1 Å². The molecule has 3 aliphatic rings. The molecule has 152 valence electrons. The van der Waals surface area contributed by atoms with Crippen LogP contribution in [0.15, 0.2) is 30.3 Å². The number of aromatic nitrogens is 2. The van der Waals surface area contributed by atoms with E-state index >= 15 is 0 Å². The highest BCUT2D eigenvalue weighted by molar-refractivity contribution is 5.79. The van der Waals surface area contributed by atoms with E-state index in [1.54, 1.807) is 0 Å². The average molecular weight is 393 g/mol. The Morgan fingerprint density at radius 2 is 1.72 bits per heavy atom. The number of hydrogen-bond donors (Lipinski definition) is 0. The summed E-state index contributed by atoms with van der Waals surface area (Å²) in [4.78, 5) is 27.1. The predicted molar refractivity (Wildman–Crippen MR) is 112 cm³/mol. The Morgan fingerprint density at radius 3 is 2.48 bits per heavy atom. The van der Waals surface area contributed by atoms with E-state index < -0.39 is 0 Å². The van der Waals surface area contributed by atoms with Crippen LogP contribution < -0.4 is 4.90 Å². The lowest BCUT2D eigenvalue weighted by Gasteiger charge is -2.36. The van der Waals surface area contributed by atoms with Crippen LogP contribution >= 0.6 is 0 Å². The van der Waals surface area contributed by atoms with E-state index in [1.165, 1.54) is 11.3 Å². The molecule has 6 heteroatoms. The summed E-state index contributed by atoms with van der Waals surface area (Å²) in [5.41, 5.74) is 3.60. The van der Waals surface area contributed by atoms with Crippen molar-refractivity contribution >= 4 is 11.7 Å². The molecule has 6 nitrogen and oxygen atoms in total. The summed E-state index contributed by atoms with van der Waals surface area (Å²) >= 11 is 0. The summed E-state index contributed by atoms with van der Waals surface area (Å²) in [6, 6.07) is 10.2. The number of carbonyl (C=O) groups excluding carboxylic acids is 1. The molecule has 3 heterocycles. The Bertz CT molecular complexity index is 872. The van der Waals surface area contributed by atoms with Gasteiger partial charge in [-0.15, -0.1) is 0 Å². The van der Waals surface area contributed by atoms with Gasteiger partial charge in [0.05, 0.1) is 13.2 Å². The van der Waals surface area contributed by atoms with E-state index in [0.717, 1.165) is 75.5 Å². The fourth-order valence-electron chi connectivity index (χ4n) is 4.77. The number of morpholine rings is 1. The van der Waals surface area contributed by atoms with Gasteiger partial charge in [0, 0.05) is 48.9 Å². The van der Waals surface area contributed by atoms with Gasteiger partial charge in [0.2, 0.25) is 5.91 Å². The maximum absolute atomic E-state index is 12.8. The maximum Gasteiger partial charge on any atom is 0.225 e. The van der Waals surface area contributed by atoms with E-state index in [0.29, 0.717) is 19.1 Å². The third kappa shape index (κ3) is 3.73. The van der Waals surface area contributed by atoms with Crippen molar-refractivity contribution in [3.63, 3.8) is 0 Å².